The molecule has 1 saturated heterocycles. The number of piperidine rings is 1. The Kier molecular flexibility index (Phi) is 6.05. The van der Waals surface area contributed by atoms with Crippen molar-refractivity contribution in [3.05, 3.63) is 63.7 Å². The van der Waals surface area contributed by atoms with Gasteiger partial charge < -0.3 is 15.0 Å². The van der Waals surface area contributed by atoms with Crippen molar-refractivity contribution >= 4 is 16.8 Å². The molecule has 0 aliphatic carbocycles. The van der Waals surface area contributed by atoms with Crippen LogP contribution in [0, 0.1) is 0 Å². The SMILES string of the molecule is O=C(NCC1CCCCN1CCn1nc2c(cc1=O)COCC2)c1c[nH]c2ccccc12. The van der Waals surface area contributed by atoms with E-state index in [4.69, 9.17) is 4.74 Å². The third-order valence-corrected chi connectivity index (χ3v) is 6.59. The van der Waals surface area contributed by atoms with Gasteiger partial charge in [-0.15, -0.1) is 0 Å². The Labute approximate surface area is 186 Å². The van der Waals surface area contributed by atoms with E-state index in [-0.39, 0.29) is 17.5 Å². The number of hydrogen-bond donors (Lipinski definition) is 2. The van der Waals surface area contributed by atoms with Gasteiger partial charge in [0.15, 0.2) is 0 Å². The molecule has 2 aliphatic heterocycles. The number of benzene rings is 1. The average Bonchev–Trinajstić information content (AvgIpc) is 3.26. The minimum atomic E-state index is -0.0737. The van der Waals surface area contributed by atoms with Crippen LogP contribution in [0.1, 0.15) is 40.9 Å². The van der Waals surface area contributed by atoms with Gasteiger partial charge in [0.25, 0.3) is 11.5 Å². The summed E-state index contributed by atoms with van der Waals surface area (Å²) in [7, 11) is 0. The van der Waals surface area contributed by atoms with Gasteiger partial charge >= 0.3 is 0 Å². The fraction of sp³-hybridized carbons (Fsp3) is 0.458. The third kappa shape index (κ3) is 4.33. The number of aromatic amines is 1. The Balaban J connectivity index is 1.22. The number of aromatic nitrogens is 3. The molecule has 1 amide bonds. The van der Waals surface area contributed by atoms with Crippen molar-refractivity contribution in [1.29, 1.82) is 0 Å². The summed E-state index contributed by atoms with van der Waals surface area (Å²) in [4.78, 5) is 30.8. The second kappa shape index (κ2) is 9.26. The smallest absolute Gasteiger partial charge is 0.267 e. The first kappa shape index (κ1) is 20.9. The van der Waals surface area contributed by atoms with E-state index in [0.717, 1.165) is 60.9 Å². The molecule has 8 heteroatoms. The number of amides is 1. The van der Waals surface area contributed by atoms with Crippen molar-refractivity contribution in [3.8, 4) is 0 Å². The first-order valence-electron chi connectivity index (χ1n) is 11.4. The zero-order chi connectivity index (χ0) is 21.9. The van der Waals surface area contributed by atoms with Crippen molar-refractivity contribution in [3.63, 3.8) is 0 Å². The van der Waals surface area contributed by atoms with Gasteiger partial charge in [-0.3, -0.25) is 14.5 Å². The van der Waals surface area contributed by atoms with Crippen LogP contribution in [0.25, 0.3) is 10.9 Å². The molecule has 0 saturated carbocycles. The van der Waals surface area contributed by atoms with E-state index in [1.165, 1.54) is 0 Å². The minimum Gasteiger partial charge on any atom is -0.376 e. The Bertz CT molecular complexity index is 1170. The number of ether oxygens (including phenoxy) is 1. The Hall–Kier alpha value is -2.97. The Morgan fingerprint density at radius 3 is 3.09 bits per heavy atom. The minimum absolute atomic E-state index is 0.0530. The van der Waals surface area contributed by atoms with Crippen molar-refractivity contribution in [2.24, 2.45) is 0 Å². The van der Waals surface area contributed by atoms with Crippen LogP contribution < -0.4 is 10.9 Å². The highest BCUT2D eigenvalue weighted by atomic mass is 16.5. The predicted octanol–water partition coefficient (Wildman–Crippen LogP) is 2.08. The van der Waals surface area contributed by atoms with Gasteiger partial charge in [0.1, 0.15) is 0 Å². The molecular formula is C24H29N5O3. The highest BCUT2D eigenvalue weighted by Gasteiger charge is 2.24. The first-order chi connectivity index (χ1) is 15.7. The molecule has 0 spiro atoms. The van der Waals surface area contributed by atoms with Gasteiger partial charge in [0.05, 0.1) is 31.0 Å². The lowest BCUT2D eigenvalue weighted by Crippen LogP contribution is -2.48. The molecule has 3 aromatic rings. The van der Waals surface area contributed by atoms with Gasteiger partial charge in [-0.05, 0) is 25.5 Å². The zero-order valence-electron chi connectivity index (χ0n) is 18.2. The second-order valence-electron chi connectivity index (χ2n) is 8.62. The maximum Gasteiger partial charge on any atom is 0.267 e. The first-order valence-corrected chi connectivity index (χ1v) is 11.4. The molecule has 8 nitrogen and oxygen atoms in total. The summed E-state index contributed by atoms with van der Waals surface area (Å²) in [6.07, 6.45) is 5.86. The molecule has 5 rings (SSSR count). The number of fused-ring (bicyclic) bond motifs is 2. The highest BCUT2D eigenvalue weighted by molar-refractivity contribution is 6.06. The molecule has 4 heterocycles. The van der Waals surface area contributed by atoms with Crippen molar-refractivity contribution in [2.75, 3.05) is 26.2 Å². The van der Waals surface area contributed by atoms with Crippen molar-refractivity contribution in [2.45, 2.75) is 44.9 Å². The third-order valence-electron chi connectivity index (χ3n) is 6.59. The largest absolute Gasteiger partial charge is 0.376 e. The molecular weight excluding hydrogens is 406 g/mol. The summed E-state index contributed by atoms with van der Waals surface area (Å²) >= 11 is 0. The second-order valence-corrected chi connectivity index (χ2v) is 8.62. The monoisotopic (exact) mass is 435 g/mol. The van der Waals surface area contributed by atoms with Crippen LogP contribution in [0.2, 0.25) is 0 Å². The van der Waals surface area contributed by atoms with Crippen LogP contribution in [-0.4, -0.2) is 57.9 Å². The molecule has 2 aromatic heterocycles. The number of hydrogen-bond acceptors (Lipinski definition) is 5. The molecule has 2 aliphatic rings. The van der Waals surface area contributed by atoms with Gasteiger partial charge in [0, 0.05) is 54.3 Å². The molecule has 2 N–H and O–H groups in total. The highest BCUT2D eigenvalue weighted by Crippen LogP contribution is 2.19. The van der Waals surface area contributed by atoms with Crippen LogP contribution in [0.5, 0.6) is 0 Å². The Morgan fingerprint density at radius 2 is 2.16 bits per heavy atom. The summed E-state index contributed by atoms with van der Waals surface area (Å²) in [5.74, 6) is -0.0530. The summed E-state index contributed by atoms with van der Waals surface area (Å²) in [6, 6.07) is 9.76. The lowest BCUT2D eigenvalue weighted by molar-refractivity contribution is 0.0909. The molecule has 1 atom stereocenters. The van der Waals surface area contributed by atoms with Crippen LogP contribution >= 0.6 is 0 Å². The summed E-state index contributed by atoms with van der Waals surface area (Å²) in [5.41, 5.74) is 3.45. The molecule has 1 unspecified atom stereocenters. The quantitative estimate of drug-likeness (QED) is 0.619. The van der Waals surface area contributed by atoms with Crippen molar-refractivity contribution in [1.82, 2.24) is 25.0 Å². The van der Waals surface area contributed by atoms with Gasteiger partial charge in [-0.2, -0.15) is 5.10 Å². The van der Waals surface area contributed by atoms with Crippen LogP contribution in [0.4, 0.5) is 0 Å². The summed E-state index contributed by atoms with van der Waals surface area (Å²) in [5, 5.41) is 8.65. The summed E-state index contributed by atoms with van der Waals surface area (Å²) < 4.78 is 7.01. The normalized spacial score (nSPS) is 19.1. The number of nitrogens with zero attached hydrogens (tertiary/aromatic N) is 3. The lowest BCUT2D eigenvalue weighted by atomic mass is 10.0. The van der Waals surface area contributed by atoms with Crippen LogP contribution in [0.3, 0.4) is 0 Å². The van der Waals surface area contributed by atoms with Crippen LogP contribution in [0.15, 0.2) is 41.3 Å². The number of H-pyrrole nitrogens is 1. The standard InChI is InChI=1S/C24H29N5O3/c30-23-13-17-16-32-12-8-21(17)27-29(23)11-10-28-9-4-3-5-18(28)14-26-24(31)20-15-25-22-7-2-1-6-19(20)22/h1-2,6-7,13,15,18,25H,3-5,8-12,14,16H2,(H,26,31). The maximum atomic E-state index is 12.8. The van der Waals surface area contributed by atoms with Gasteiger partial charge in [-0.1, -0.05) is 24.6 Å². The number of rotatable bonds is 6. The number of likely N-dealkylation sites (tertiary alicyclic amines) is 1. The molecule has 1 fully saturated rings. The molecule has 32 heavy (non-hydrogen) atoms. The van der Waals surface area contributed by atoms with E-state index in [0.29, 0.717) is 31.9 Å². The fourth-order valence-corrected chi connectivity index (χ4v) is 4.79. The summed E-state index contributed by atoms with van der Waals surface area (Å²) in [6.45, 7) is 4.00. The van der Waals surface area contributed by atoms with Gasteiger partial charge in [0.2, 0.25) is 0 Å². The topological polar surface area (TPSA) is 92.2 Å². The molecule has 0 radical (unpaired) electrons. The number of carbonyl (C=O) groups excluding carboxylic acids is 1. The molecule has 0 bridgehead atoms. The van der Waals surface area contributed by atoms with E-state index >= 15 is 0 Å². The maximum absolute atomic E-state index is 12.8. The number of para-hydroxylation sites is 1. The molecule has 168 valence electrons. The van der Waals surface area contributed by atoms with Gasteiger partial charge in [-0.25, -0.2) is 4.68 Å². The Morgan fingerprint density at radius 1 is 1.25 bits per heavy atom. The number of nitrogens with one attached hydrogen (secondary N) is 2. The average molecular weight is 436 g/mol. The number of carbonyl (C=O) groups is 1. The van der Waals surface area contributed by atoms with Crippen LogP contribution in [-0.2, 0) is 24.3 Å². The fourth-order valence-electron chi connectivity index (χ4n) is 4.79. The van der Waals surface area contributed by atoms with E-state index in [9.17, 15) is 9.59 Å². The molecule has 1 aromatic carbocycles. The van der Waals surface area contributed by atoms with E-state index in [1.807, 2.05) is 24.3 Å². The van der Waals surface area contributed by atoms with E-state index < -0.39 is 0 Å². The zero-order valence-corrected chi connectivity index (χ0v) is 18.2. The lowest BCUT2D eigenvalue weighted by Gasteiger charge is -2.35. The van der Waals surface area contributed by atoms with E-state index in [2.05, 4.69) is 20.3 Å². The predicted molar refractivity (Wildman–Crippen MR) is 122 cm³/mol. The van der Waals surface area contributed by atoms with Crippen molar-refractivity contribution < 1.29 is 9.53 Å². The van der Waals surface area contributed by atoms with E-state index in [1.54, 1.807) is 16.9 Å².